The van der Waals surface area contributed by atoms with Crippen molar-refractivity contribution in [2.45, 2.75) is 46.1 Å². The van der Waals surface area contributed by atoms with Gasteiger partial charge in [-0.15, -0.1) is 0 Å². The Balaban J connectivity index is 1.63. The molecule has 6 heteroatoms. The number of pyridine rings is 1. The van der Waals surface area contributed by atoms with Crippen LogP contribution in [0.4, 0.5) is 11.4 Å². The van der Waals surface area contributed by atoms with Gasteiger partial charge in [-0.25, -0.2) is 4.98 Å². The molecule has 154 valence electrons. The summed E-state index contributed by atoms with van der Waals surface area (Å²) >= 11 is 0. The first-order valence-electron chi connectivity index (χ1n) is 10.4. The molecule has 0 bridgehead atoms. The van der Waals surface area contributed by atoms with Gasteiger partial charge in [0, 0.05) is 30.5 Å². The van der Waals surface area contributed by atoms with E-state index in [0.717, 1.165) is 25.4 Å². The number of hydrogen-bond donors (Lipinski definition) is 2. The first-order valence-corrected chi connectivity index (χ1v) is 10.4. The predicted octanol–water partition coefficient (Wildman–Crippen LogP) is 4.10. The maximum atomic E-state index is 12.6. The van der Waals surface area contributed by atoms with Crippen LogP contribution >= 0.6 is 0 Å². The highest BCUT2D eigenvalue weighted by molar-refractivity contribution is 6.04. The number of nitrogens with zero attached hydrogens (tertiary/aromatic N) is 2. The fourth-order valence-electron chi connectivity index (χ4n) is 3.30. The van der Waals surface area contributed by atoms with Gasteiger partial charge in [-0.2, -0.15) is 0 Å². The molecule has 1 aromatic carbocycles. The molecule has 1 aromatic heterocycles. The summed E-state index contributed by atoms with van der Waals surface area (Å²) in [5.41, 5.74) is 2.35. The Morgan fingerprint density at radius 3 is 2.31 bits per heavy atom. The zero-order valence-electron chi connectivity index (χ0n) is 17.4. The minimum Gasteiger partial charge on any atom is -0.372 e. The normalized spacial score (nSPS) is 15.6. The van der Waals surface area contributed by atoms with Crippen molar-refractivity contribution in [2.75, 3.05) is 23.3 Å². The molecule has 6 nitrogen and oxygen atoms in total. The van der Waals surface area contributed by atoms with Crippen LogP contribution in [0, 0.1) is 5.92 Å². The summed E-state index contributed by atoms with van der Waals surface area (Å²) in [5, 5.41) is 5.73. The lowest BCUT2D eigenvalue weighted by atomic mass is 9.99. The largest absolute Gasteiger partial charge is 0.372 e. The molecule has 1 aliphatic heterocycles. The van der Waals surface area contributed by atoms with Gasteiger partial charge in [0.2, 0.25) is 0 Å². The lowest BCUT2D eigenvalue weighted by Crippen LogP contribution is -2.33. The van der Waals surface area contributed by atoms with Crippen molar-refractivity contribution in [3.63, 3.8) is 0 Å². The van der Waals surface area contributed by atoms with Gasteiger partial charge in [-0.05, 0) is 68.5 Å². The van der Waals surface area contributed by atoms with Crippen LogP contribution in [-0.4, -0.2) is 35.9 Å². The molecule has 1 aliphatic rings. The Hall–Kier alpha value is -2.89. The molecular weight excluding hydrogens is 364 g/mol. The Morgan fingerprint density at radius 1 is 1.07 bits per heavy atom. The molecule has 29 heavy (non-hydrogen) atoms. The number of amides is 2. The highest BCUT2D eigenvalue weighted by Crippen LogP contribution is 2.24. The lowest BCUT2D eigenvalue weighted by Gasteiger charge is -2.32. The van der Waals surface area contributed by atoms with Crippen LogP contribution in [0.3, 0.4) is 0 Å². The molecule has 3 rings (SSSR count). The average molecular weight is 395 g/mol. The number of carbonyl (C=O) groups is 2. The van der Waals surface area contributed by atoms with Gasteiger partial charge >= 0.3 is 0 Å². The molecule has 2 aromatic rings. The zero-order valence-corrected chi connectivity index (χ0v) is 17.4. The third kappa shape index (κ3) is 5.56. The van der Waals surface area contributed by atoms with Gasteiger partial charge in [0.1, 0.15) is 11.4 Å². The number of anilines is 2. The summed E-state index contributed by atoms with van der Waals surface area (Å²) in [7, 11) is 0. The number of benzene rings is 1. The van der Waals surface area contributed by atoms with Crippen molar-refractivity contribution < 1.29 is 9.59 Å². The molecule has 0 spiro atoms. The summed E-state index contributed by atoms with van der Waals surface area (Å²) in [6.45, 7) is 8.37. The summed E-state index contributed by atoms with van der Waals surface area (Å²) in [6, 6.07) is 12.8. The third-order valence-electron chi connectivity index (χ3n) is 5.48. The van der Waals surface area contributed by atoms with Crippen LogP contribution in [0.5, 0.6) is 0 Å². The van der Waals surface area contributed by atoms with Crippen LogP contribution in [0.15, 0.2) is 42.5 Å². The molecule has 0 radical (unpaired) electrons. The van der Waals surface area contributed by atoms with Gasteiger partial charge in [0.25, 0.3) is 11.8 Å². The van der Waals surface area contributed by atoms with Crippen LogP contribution in [0.2, 0.25) is 0 Å². The molecule has 1 unspecified atom stereocenters. The number of nitrogens with one attached hydrogen (secondary N) is 2. The molecule has 2 heterocycles. The van der Waals surface area contributed by atoms with Crippen LogP contribution < -0.4 is 15.5 Å². The Kier molecular flexibility index (Phi) is 6.86. The van der Waals surface area contributed by atoms with Crippen LogP contribution in [0.1, 0.15) is 61.0 Å². The highest BCUT2D eigenvalue weighted by Gasteiger charge is 2.17. The predicted molar refractivity (Wildman–Crippen MR) is 116 cm³/mol. The lowest BCUT2D eigenvalue weighted by molar-refractivity contribution is 0.0934. The van der Waals surface area contributed by atoms with Crippen molar-refractivity contribution >= 4 is 23.2 Å². The van der Waals surface area contributed by atoms with E-state index in [-0.39, 0.29) is 29.2 Å². The molecule has 0 saturated carbocycles. The smallest absolute Gasteiger partial charge is 0.274 e. The topological polar surface area (TPSA) is 74.3 Å². The van der Waals surface area contributed by atoms with Gasteiger partial charge < -0.3 is 15.5 Å². The van der Waals surface area contributed by atoms with Crippen LogP contribution in [-0.2, 0) is 0 Å². The summed E-state index contributed by atoms with van der Waals surface area (Å²) in [4.78, 5) is 31.4. The first kappa shape index (κ1) is 20.8. The van der Waals surface area contributed by atoms with Crippen molar-refractivity contribution in [2.24, 2.45) is 5.92 Å². The Bertz CT molecular complexity index is 842. The van der Waals surface area contributed by atoms with E-state index < -0.39 is 0 Å². The van der Waals surface area contributed by atoms with E-state index in [1.54, 1.807) is 18.2 Å². The van der Waals surface area contributed by atoms with E-state index in [4.69, 9.17) is 0 Å². The van der Waals surface area contributed by atoms with E-state index in [2.05, 4.69) is 27.4 Å². The number of aromatic nitrogens is 1. The number of carbonyl (C=O) groups excluding carboxylic acids is 2. The quantitative estimate of drug-likeness (QED) is 0.774. The molecule has 2 amide bonds. The second kappa shape index (κ2) is 9.54. The first-order chi connectivity index (χ1) is 14.0. The zero-order chi connectivity index (χ0) is 20.8. The fraction of sp³-hybridized carbons (Fsp3) is 0.435. The second-order valence-electron chi connectivity index (χ2n) is 7.86. The standard InChI is InChI=1S/C23H30N4O2/c1-4-17(3)24-22(28)20-6-5-7-21(26-20)23(29)25-18-8-10-19(11-9-18)27-14-12-16(2)13-15-27/h5-11,16-17H,4,12-15H2,1-3H3,(H,24,28)(H,25,29). The van der Waals surface area contributed by atoms with Gasteiger partial charge in [0.05, 0.1) is 0 Å². The molecular formula is C23H30N4O2. The molecule has 1 atom stereocenters. The Morgan fingerprint density at radius 2 is 1.69 bits per heavy atom. The second-order valence-corrected chi connectivity index (χ2v) is 7.86. The molecule has 1 fully saturated rings. The number of rotatable bonds is 6. The number of piperidine rings is 1. The summed E-state index contributed by atoms with van der Waals surface area (Å²) in [5.74, 6) is 0.192. The molecule has 0 aliphatic carbocycles. The van der Waals surface area contributed by atoms with E-state index in [1.165, 1.54) is 18.5 Å². The van der Waals surface area contributed by atoms with Crippen molar-refractivity contribution in [1.82, 2.24) is 10.3 Å². The van der Waals surface area contributed by atoms with Gasteiger partial charge in [0.15, 0.2) is 0 Å². The molecule has 1 saturated heterocycles. The summed E-state index contributed by atoms with van der Waals surface area (Å²) < 4.78 is 0. The van der Waals surface area contributed by atoms with Crippen molar-refractivity contribution in [3.05, 3.63) is 53.9 Å². The maximum Gasteiger partial charge on any atom is 0.274 e. The van der Waals surface area contributed by atoms with E-state index >= 15 is 0 Å². The maximum absolute atomic E-state index is 12.6. The average Bonchev–Trinajstić information content (AvgIpc) is 2.75. The van der Waals surface area contributed by atoms with E-state index in [0.29, 0.717) is 5.69 Å². The van der Waals surface area contributed by atoms with E-state index in [1.807, 2.05) is 38.1 Å². The van der Waals surface area contributed by atoms with Gasteiger partial charge in [-0.3, -0.25) is 9.59 Å². The summed E-state index contributed by atoms with van der Waals surface area (Å²) in [6.07, 6.45) is 3.26. The Labute approximate surface area is 172 Å². The van der Waals surface area contributed by atoms with Crippen molar-refractivity contribution in [1.29, 1.82) is 0 Å². The molecule has 2 N–H and O–H groups in total. The minimum atomic E-state index is -0.331. The van der Waals surface area contributed by atoms with E-state index in [9.17, 15) is 9.59 Å². The monoisotopic (exact) mass is 394 g/mol. The third-order valence-corrected chi connectivity index (χ3v) is 5.48. The van der Waals surface area contributed by atoms with Crippen molar-refractivity contribution in [3.8, 4) is 0 Å². The SMILES string of the molecule is CCC(C)NC(=O)c1cccc(C(=O)Nc2ccc(N3CCC(C)CC3)cc2)n1. The number of hydrogen-bond acceptors (Lipinski definition) is 4. The van der Waals surface area contributed by atoms with Crippen LogP contribution in [0.25, 0.3) is 0 Å². The van der Waals surface area contributed by atoms with Gasteiger partial charge in [-0.1, -0.05) is 19.9 Å². The fourth-order valence-corrected chi connectivity index (χ4v) is 3.30. The minimum absolute atomic E-state index is 0.0587. The highest BCUT2D eigenvalue weighted by atomic mass is 16.2.